The van der Waals surface area contributed by atoms with E-state index in [9.17, 15) is 0 Å². The van der Waals surface area contributed by atoms with Crippen molar-refractivity contribution in [3.8, 4) is 0 Å². The third kappa shape index (κ3) is 22.1. The molecular formula is C36H55ClN4. The van der Waals surface area contributed by atoms with Gasteiger partial charge < -0.3 is 5.32 Å². The van der Waals surface area contributed by atoms with Crippen molar-refractivity contribution in [3.05, 3.63) is 124 Å². The van der Waals surface area contributed by atoms with Crippen LogP contribution in [-0.4, -0.2) is 22.5 Å². The zero-order valence-corrected chi connectivity index (χ0v) is 28.1. The lowest BCUT2D eigenvalue weighted by molar-refractivity contribution is 0.738. The van der Waals surface area contributed by atoms with E-state index < -0.39 is 0 Å². The van der Waals surface area contributed by atoms with Crippen molar-refractivity contribution in [2.45, 2.75) is 88.5 Å². The Bertz CT molecular complexity index is 1150. The van der Waals surface area contributed by atoms with E-state index in [1.807, 2.05) is 85.0 Å². The van der Waals surface area contributed by atoms with Crippen LogP contribution < -0.4 is 5.32 Å². The second-order valence-electron chi connectivity index (χ2n) is 9.50. The number of aliphatic imine (C=N–C) groups is 1. The zero-order chi connectivity index (χ0) is 31.6. The minimum atomic E-state index is 0.818. The minimum Gasteiger partial charge on any atom is -0.384 e. The van der Waals surface area contributed by atoms with Crippen LogP contribution in [0.1, 0.15) is 82.8 Å². The molecule has 0 amide bonds. The van der Waals surface area contributed by atoms with Crippen LogP contribution >= 0.6 is 11.6 Å². The molecule has 0 aliphatic carbocycles. The van der Waals surface area contributed by atoms with Gasteiger partial charge in [-0.1, -0.05) is 87.0 Å². The molecule has 5 heteroatoms. The summed E-state index contributed by atoms with van der Waals surface area (Å²) in [6.07, 6.45) is 8.78. The third-order valence-corrected chi connectivity index (χ3v) is 5.70. The number of hydrogen-bond acceptors (Lipinski definition) is 3. The first-order chi connectivity index (χ1) is 19.5. The summed E-state index contributed by atoms with van der Waals surface area (Å²) in [6, 6.07) is 16.4. The molecular weight excluding hydrogens is 524 g/mol. The smallest absolute Gasteiger partial charge is 0.0597 e. The van der Waals surface area contributed by atoms with Gasteiger partial charge in [0, 0.05) is 29.2 Å². The highest BCUT2D eigenvalue weighted by Gasteiger charge is 2.01. The van der Waals surface area contributed by atoms with E-state index in [1.54, 1.807) is 6.20 Å². The van der Waals surface area contributed by atoms with Crippen LogP contribution in [0.4, 0.5) is 0 Å². The molecule has 0 saturated carbocycles. The summed E-state index contributed by atoms with van der Waals surface area (Å²) in [5.41, 5.74) is 9.36. The van der Waals surface area contributed by atoms with Crippen LogP contribution in [0.3, 0.4) is 0 Å². The lowest BCUT2D eigenvalue weighted by atomic mass is 10.1. The van der Waals surface area contributed by atoms with Crippen LogP contribution in [0.15, 0.2) is 96.4 Å². The average Bonchev–Trinajstić information content (AvgIpc) is 3.38. The van der Waals surface area contributed by atoms with Crippen LogP contribution in [0.25, 0.3) is 0 Å². The fourth-order valence-electron chi connectivity index (χ4n) is 2.96. The summed E-state index contributed by atoms with van der Waals surface area (Å²) >= 11 is 5.72. The monoisotopic (exact) mass is 578 g/mol. The van der Waals surface area contributed by atoms with Crippen molar-refractivity contribution in [2.24, 2.45) is 4.99 Å². The van der Waals surface area contributed by atoms with Gasteiger partial charge in [0.15, 0.2) is 0 Å². The van der Waals surface area contributed by atoms with Crippen LogP contribution in [0, 0.1) is 20.8 Å². The van der Waals surface area contributed by atoms with Crippen molar-refractivity contribution in [3.63, 3.8) is 0 Å². The van der Waals surface area contributed by atoms with E-state index >= 15 is 0 Å². The number of aromatic amines is 1. The Kier molecular flexibility index (Phi) is 24.8. The maximum Gasteiger partial charge on any atom is 0.0597 e. The molecule has 0 saturated heterocycles. The Hall–Kier alpha value is -3.37. The highest BCUT2D eigenvalue weighted by molar-refractivity contribution is 6.30. The number of rotatable bonds is 8. The molecule has 2 aromatic carbocycles. The number of nitrogens with one attached hydrogen (secondary N) is 2. The van der Waals surface area contributed by atoms with Crippen LogP contribution in [-0.2, 0) is 12.8 Å². The van der Waals surface area contributed by atoms with Crippen molar-refractivity contribution < 1.29 is 0 Å². The summed E-state index contributed by atoms with van der Waals surface area (Å²) in [6.45, 7) is 28.6. The molecule has 1 heterocycles. The Labute approximate surface area is 256 Å². The largest absolute Gasteiger partial charge is 0.384 e. The minimum absolute atomic E-state index is 0.818. The van der Waals surface area contributed by atoms with Crippen molar-refractivity contribution in [1.29, 1.82) is 0 Å². The topological polar surface area (TPSA) is 53.1 Å². The molecule has 1 aromatic heterocycles. The highest BCUT2D eigenvalue weighted by atomic mass is 35.5. The number of aromatic nitrogens is 2. The Morgan fingerprint density at radius 2 is 1.61 bits per heavy atom. The summed E-state index contributed by atoms with van der Waals surface area (Å²) in [4.78, 5) is 4.24. The molecule has 0 atom stereocenters. The summed E-state index contributed by atoms with van der Waals surface area (Å²) in [7, 11) is 0. The Balaban J connectivity index is 0. The third-order valence-electron chi connectivity index (χ3n) is 5.47. The number of H-pyrrole nitrogens is 1. The summed E-state index contributed by atoms with van der Waals surface area (Å²) in [5.74, 6) is 0. The molecule has 0 fully saturated rings. The SMILES string of the molecule is C=C(C)C.C=C(NCCCc1cn[nH]c1C)C(C)=N/C=C\C.CC.CCc1ccccc1.Cc1ccc(Cl)cc1C. The molecule has 0 spiro atoms. The number of allylic oxidation sites excluding steroid dienone is 3. The number of halogens is 1. The molecule has 0 aliphatic heterocycles. The fourth-order valence-corrected chi connectivity index (χ4v) is 3.18. The Morgan fingerprint density at radius 1 is 1.00 bits per heavy atom. The van der Waals surface area contributed by atoms with Gasteiger partial charge in [0.25, 0.3) is 0 Å². The van der Waals surface area contributed by atoms with Gasteiger partial charge in [0.05, 0.1) is 11.9 Å². The van der Waals surface area contributed by atoms with E-state index in [0.717, 1.165) is 47.9 Å². The predicted molar refractivity (Wildman–Crippen MR) is 185 cm³/mol. The highest BCUT2D eigenvalue weighted by Crippen LogP contribution is 2.13. The van der Waals surface area contributed by atoms with Gasteiger partial charge in [0.2, 0.25) is 0 Å². The van der Waals surface area contributed by atoms with E-state index in [0.29, 0.717) is 0 Å². The van der Waals surface area contributed by atoms with Gasteiger partial charge in [0.1, 0.15) is 0 Å². The predicted octanol–water partition coefficient (Wildman–Crippen LogP) is 10.6. The molecule has 0 radical (unpaired) electrons. The maximum atomic E-state index is 5.72. The van der Waals surface area contributed by atoms with Crippen LogP contribution in [0.2, 0.25) is 5.02 Å². The van der Waals surface area contributed by atoms with Crippen molar-refractivity contribution >= 4 is 17.3 Å². The molecule has 2 N–H and O–H groups in total. The van der Waals surface area contributed by atoms with Gasteiger partial charge in [-0.25, -0.2) is 0 Å². The van der Waals surface area contributed by atoms with Gasteiger partial charge >= 0.3 is 0 Å². The van der Waals surface area contributed by atoms with E-state index in [4.69, 9.17) is 11.6 Å². The van der Waals surface area contributed by atoms with E-state index in [-0.39, 0.29) is 0 Å². The number of hydrogen-bond donors (Lipinski definition) is 2. The second kappa shape index (κ2) is 25.6. The van der Waals surface area contributed by atoms with Crippen LogP contribution in [0.5, 0.6) is 0 Å². The molecule has 0 bridgehead atoms. The molecule has 226 valence electrons. The maximum absolute atomic E-state index is 5.72. The molecule has 3 aromatic rings. The first-order valence-electron chi connectivity index (χ1n) is 14.5. The second-order valence-corrected chi connectivity index (χ2v) is 9.94. The molecule has 4 nitrogen and oxygen atoms in total. The molecule has 3 rings (SSSR count). The van der Waals surface area contributed by atoms with Gasteiger partial charge in [-0.2, -0.15) is 5.10 Å². The standard InChI is InChI=1S/C14H22N4.C8H9Cl.C8H10.C4H8.C2H6/c1-5-8-15-11(2)12(3)16-9-6-7-14-10-17-18-13(14)4;1-6-3-4-8(9)5-7(6)2;1-2-8-6-4-3-5-7-8;1-4(2)3;1-2/h5,8,10,16H,3,6-7,9H2,1-2,4H3,(H,17,18);3-5H,1-2H3;3-7H,2H2,1H3;1H2,2-3H3;1-2H3/b8-5-,15-11?;;;;. The van der Waals surface area contributed by atoms with Crippen molar-refractivity contribution in [1.82, 2.24) is 15.5 Å². The first-order valence-corrected chi connectivity index (χ1v) is 14.9. The Morgan fingerprint density at radius 3 is 2.05 bits per heavy atom. The zero-order valence-electron chi connectivity index (χ0n) is 27.4. The molecule has 41 heavy (non-hydrogen) atoms. The average molecular weight is 579 g/mol. The number of nitrogens with zero attached hydrogens (tertiary/aromatic N) is 2. The molecule has 0 unspecified atom stereocenters. The molecule has 0 aliphatic rings. The lowest BCUT2D eigenvalue weighted by Gasteiger charge is -2.08. The fraction of sp³-hybridized carbons (Fsp3) is 0.389. The van der Waals surface area contributed by atoms with Gasteiger partial charge in [-0.15, -0.1) is 6.58 Å². The first kappa shape index (κ1) is 39.8. The van der Waals surface area contributed by atoms with E-state index in [1.165, 1.54) is 27.8 Å². The normalized spacial score (nSPS) is 9.98. The summed E-state index contributed by atoms with van der Waals surface area (Å²) in [5, 5.41) is 11.1. The number of benzene rings is 2. The van der Waals surface area contributed by atoms with E-state index in [2.05, 4.69) is 78.7 Å². The summed E-state index contributed by atoms with van der Waals surface area (Å²) < 4.78 is 0. The van der Waals surface area contributed by atoms with Gasteiger partial charge in [-0.05, 0) is 102 Å². The quantitative estimate of drug-likeness (QED) is 0.159. The van der Waals surface area contributed by atoms with Crippen molar-refractivity contribution in [2.75, 3.05) is 6.54 Å². The number of aryl methyl sites for hydroxylation is 5. The van der Waals surface area contributed by atoms with Gasteiger partial charge in [-0.3, -0.25) is 10.1 Å². The lowest BCUT2D eigenvalue weighted by Crippen LogP contribution is -2.19.